The zero-order valence-electron chi connectivity index (χ0n) is 10.7. The molecular formula is C13H17NO4. The maximum absolute atomic E-state index is 11.5. The van der Waals surface area contributed by atoms with Gasteiger partial charge >= 0.3 is 5.97 Å². The molecule has 0 atom stereocenters. The molecule has 0 unspecified atom stereocenters. The van der Waals surface area contributed by atoms with Gasteiger partial charge in [0.25, 0.3) is 0 Å². The van der Waals surface area contributed by atoms with E-state index in [4.69, 9.17) is 15.2 Å². The maximum Gasteiger partial charge on any atom is 0.333 e. The maximum atomic E-state index is 11.5. The molecule has 18 heavy (non-hydrogen) atoms. The molecule has 0 saturated carbocycles. The summed E-state index contributed by atoms with van der Waals surface area (Å²) in [4.78, 5) is 11.5. The Morgan fingerprint density at radius 3 is 2.72 bits per heavy atom. The van der Waals surface area contributed by atoms with Crippen LogP contribution < -0.4 is 10.5 Å². The highest BCUT2D eigenvalue weighted by atomic mass is 16.5. The summed E-state index contributed by atoms with van der Waals surface area (Å²) in [6, 6.07) is 3.15. The van der Waals surface area contributed by atoms with Gasteiger partial charge in [0.2, 0.25) is 0 Å². The summed E-state index contributed by atoms with van der Waals surface area (Å²) < 4.78 is 9.85. The van der Waals surface area contributed by atoms with Gasteiger partial charge in [-0.2, -0.15) is 0 Å². The van der Waals surface area contributed by atoms with Crippen LogP contribution in [0.2, 0.25) is 0 Å². The van der Waals surface area contributed by atoms with Gasteiger partial charge < -0.3 is 20.3 Å². The molecule has 0 aliphatic rings. The van der Waals surface area contributed by atoms with E-state index < -0.39 is 0 Å². The van der Waals surface area contributed by atoms with Crippen molar-refractivity contribution in [3.63, 3.8) is 0 Å². The van der Waals surface area contributed by atoms with E-state index >= 15 is 0 Å². The summed E-state index contributed by atoms with van der Waals surface area (Å²) in [7, 11) is 1.43. The van der Waals surface area contributed by atoms with Crippen molar-refractivity contribution in [2.75, 3.05) is 19.5 Å². The number of anilines is 1. The fraction of sp³-hybridized carbons (Fsp3) is 0.308. The third kappa shape index (κ3) is 3.16. The molecule has 1 rings (SSSR count). The monoisotopic (exact) mass is 251 g/mol. The number of rotatable bonds is 4. The number of ether oxygens (including phenoxy) is 2. The van der Waals surface area contributed by atoms with Crippen molar-refractivity contribution in [1.82, 2.24) is 0 Å². The number of methoxy groups -OCH3 is 1. The van der Waals surface area contributed by atoms with Crippen molar-refractivity contribution in [3.05, 3.63) is 23.3 Å². The van der Waals surface area contributed by atoms with Crippen molar-refractivity contribution >= 4 is 17.7 Å². The number of hydrogen-bond donors (Lipinski definition) is 2. The third-order valence-corrected chi connectivity index (χ3v) is 2.33. The number of carbonyl (C=O) groups is 1. The minimum atomic E-state index is -0.386. The van der Waals surface area contributed by atoms with Crippen LogP contribution >= 0.6 is 0 Å². The molecule has 1 aromatic carbocycles. The number of esters is 1. The van der Waals surface area contributed by atoms with Gasteiger partial charge in [-0.3, -0.25) is 0 Å². The lowest BCUT2D eigenvalue weighted by Gasteiger charge is -2.08. The van der Waals surface area contributed by atoms with E-state index in [9.17, 15) is 9.90 Å². The lowest BCUT2D eigenvalue weighted by atomic mass is 10.1. The Labute approximate surface area is 106 Å². The molecule has 5 nitrogen and oxygen atoms in total. The fourth-order valence-electron chi connectivity index (χ4n) is 1.44. The first kappa shape index (κ1) is 13.9. The molecular weight excluding hydrogens is 234 g/mol. The van der Waals surface area contributed by atoms with E-state index in [2.05, 4.69) is 0 Å². The molecule has 3 N–H and O–H groups in total. The molecule has 0 saturated heterocycles. The Hall–Kier alpha value is -2.17. The summed E-state index contributed by atoms with van der Waals surface area (Å²) in [6.07, 6.45) is 1.62. The molecule has 5 heteroatoms. The van der Waals surface area contributed by atoms with E-state index in [0.29, 0.717) is 17.7 Å². The minimum absolute atomic E-state index is 0.108. The Balaban J connectivity index is 3.08. The van der Waals surface area contributed by atoms with Gasteiger partial charge in [-0.15, -0.1) is 0 Å². The van der Waals surface area contributed by atoms with Crippen LogP contribution in [0.15, 0.2) is 17.7 Å². The van der Waals surface area contributed by atoms with E-state index in [-0.39, 0.29) is 23.2 Å². The first-order valence-electron chi connectivity index (χ1n) is 5.51. The summed E-state index contributed by atoms with van der Waals surface area (Å²) in [5.74, 6) is -0.232. The van der Waals surface area contributed by atoms with Crippen LogP contribution in [0.3, 0.4) is 0 Å². The van der Waals surface area contributed by atoms with E-state index in [0.717, 1.165) is 0 Å². The molecule has 0 heterocycles. The SMILES string of the molecule is CCOC(=O)/C(C)=C/c1cc(N)c(O)c(OC)c1. The molecule has 0 bridgehead atoms. The standard InChI is InChI=1S/C13H17NO4/c1-4-18-13(16)8(2)5-9-6-10(14)12(15)11(7-9)17-3/h5-7,15H,4,14H2,1-3H3/b8-5+. The van der Waals surface area contributed by atoms with Gasteiger partial charge in [-0.1, -0.05) is 0 Å². The molecule has 0 aliphatic heterocycles. The highest BCUT2D eigenvalue weighted by molar-refractivity contribution is 5.93. The van der Waals surface area contributed by atoms with Gasteiger partial charge in [-0.25, -0.2) is 4.79 Å². The van der Waals surface area contributed by atoms with Crippen molar-refractivity contribution in [3.8, 4) is 11.5 Å². The molecule has 98 valence electrons. The summed E-state index contributed by atoms with van der Waals surface area (Å²) in [5.41, 5.74) is 6.93. The lowest BCUT2D eigenvalue weighted by molar-refractivity contribution is -0.138. The number of nitrogen functional groups attached to an aromatic ring is 1. The van der Waals surface area contributed by atoms with E-state index in [1.54, 1.807) is 32.1 Å². The van der Waals surface area contributed by atoms with Crippen molar-refractivity contribution in [1.29, 1.82) is 0 Å². The predicted molar refractivity (Wildman–Crippen MR) is 69.4 cm³/mol. The number of nitrogens with two attached hydrogens (primary N) is 1. The Morgan fingerprint density at radius 1 is 1.50 bits per heavy atom. The molecule has 1 aromatic rings. The molecule has 0 aliphatic carbocycles. The van der Waals surface area contributed by atoms with Crippen molar-refractivity contribution in [2.45, 2.75) is 13.8 Å². The fourth-order valence-corrected chi connectivity index (χ4v) is 1.44. The van der Waals surface area contributed by atoms with Crippen molar-refractivity contribution < 1.29 is 19.4 Å². The van der Waals surface area contributed by atoms with Gasteiger partial charge in [-0.05, 0) is 37.6 Å². The van der Waals surface area contributed by atoms with Crippen LogP contribution in [-0.4, -0.2) is 24.8 Å². The predicted octanol–water partition coefficient (Wildman–Crippen LogP) is 1.95. The second-order valence-corrected chi connectivity index (χ2v) is 3.71. The number of phenolic OH excluding ortho intramolecular Hbond substituents is 1. The molecule has 0 amide bonds. The zero-order valence-corrected chi connectivity index (χ0v) is 10.7. The van der Waals surface area contributed by atoms with Crippen LogP contribution in [0.1, 0.15) is 19.4 Å². The van der Waals surface area contributed by atoms with Crippen LogP contribution in [0.5, 0.6) is 11.5 Å². The van der Waals surface area contributed by atoms with Crippen LogP contribution in [-0.2, 0) is 9.53 Å². The third-order valence-electron chi connectivity index (χ3n) is 2.33. The topological polar surface area (TPSA) is 81.8 Å². The quantitative estimate of drug-likeness (QED) is 0.370. The Kier molecular flexibility index (Phi) is 4.59. The first-order valence-corrected chi connectivity index (χ1v) is 5.51. The van der Waals surface area contributed by atoms with Crippen LogP contribution in [0.25, 0.3) is 6.08 Å². The number of aromatic hydroxyl groups is 1. The highest BCUT2D eigenvalue weighted by Crippen LogP contribution is 2.33. The zero-order chi connectivity index (χ0) is 13.7. The van der Waals surface area contributed by atoms with E-state index in [1.165, 1.54) is 7.11 Å². The Morgan fingerprint density at radius 2 is 2.17 bits per heavy atom. The van der Waals surface area contributed by atoms with E-state index in [1.807, 2.05) is 0 Å². The highest BCUT2D eigenvalue weighted by Gasteiger charge is 2.09. The number of benzene rings is 1. The average Bonchev–Trinajstić information content (AvgIpc) is 2.33. The molecule has 0 aromatic heterocycles. The summed E-state index contributed by atoms with van der Waals surface area (Å²) >= 11 is 0. The van der Waals surface area contributed by atoms with Crippen molar-refractivity contribution in [2.24, 2.45) is 0 Å². The van der Waals surface area contributed by atoms with Gasteiger partial charge in [0.05, 0.1) is 19.4 Å². The van der Waals surface area contributed by atoms with Crippen LogP contribution in [0.4, 0.5) is 5.69 Å². The Bertz CT molecular complexity index is 480. The average molecular weight is 251 g/mol. The number of carbonyl (C=O) groups excluding carboxylic acids is 1. The molecule has 0 radical (unpaired) electrons. The largest absolute Gasteiger partial charge is 0.503 e. The van der Waals surface area contributed by atoms with Gasteiger partial charge in [0.1, 0.15) is 0 Å². The second kappa shape index (κ2) is 5.95. The first-order chi connectivity index (χ1) is 8.49. The number of phenols is 1. The van der Waals surface area contributed by atoms with Gasteiger partial charge in [0.15, 0.2) is 11.5 Å². The molecule has 0 fully saturated rings. The van der Waals surface area contributed by atoms with Gasteiger partial charge in [0, 0.05) is 5.57 Å². The molecule has 0 spiro atoms. The van der Waals surface area contributed by atoms with Crippen LogP contribution in [0, 0.1) is 0 Å². The minimum Gasteiger partial charge on any atom is -0.503 e. The smallest absolute Gasteiger partial charge is 0.333 e. The number of hydrogen-bond acceptors (Lipinski definition) is 5. The summed E-state index contributed by atoms with van der Waals surface area (Å²) in [5, 5.41) is 9.59. The second-order valence-electron chi connectivity index (χ2n) is 3.71. The summed E-state index contributed by atoms with van der Waals surface area (Å²) in [6.45, 7) is 3.71. The lowest BCUT2D eigenvalue weighted by Crippen LogP contribution is -2.04. The normalized spacial score (nSPS) is 11.2.